The molecule has 2 heteroatoms. The van der Waals surface area contributed by atoms with Crippen molar-refractivity contribution in [2.75, 3.05) is 26.7 Å². The second-order valence-corrected chi connectivity index (χ2v) is 4.72. The number of likely N-dealkylation sites (N-methyl/N-ethyl adjacent to an activating group) is 1. The average molecular weight is 198 g/mol. The van der Waals surface area contributed by atoms with Gasteiger partial charge in [-0.2, -0.15) is 0 Å². The molecular weight excluding hydrogens is 172 g/mol. The molecule has 1 aliphatic carbocycles. The van der Waals surface area contributed by atoms with E-state index >= 15 is 0 Å². The van der Waals surface area contributed by atoms with E-state index in [9.17, 15) is 0 Å². The van der Waals surface area contributed by atoms with Crippen LogP contribution in [0.25, 0.3) is 0 Å². The van der Waals surface area contributed by atoms with Gasteiger partial charge in [0.05, 0.1) is 0 Å². The lowest BCUT2D eigenvalue weighted by Gasteiger charge is -2.23. The molecule has 0 aliphatic heterocycles. The smallest absolute Gasteiger partial charge is 0.0107 e. The van der Waals surface area contributed by atoms with Crippen LogP contribution in [0.2, 0.25) is 0 Å². The molecule has 0 saturated heterocycles. The van der Waals surface area contributed by atoms with Gasteiger partial charge in [0.2, 0.25) is 0 Å². The Morgan fingerprint density at radius 1 is 1.36 bits per heavy atom. The van der Waals surface area contributed by atoms with Crippen molar-refractivity contribution in [1.82, 2.24) is 10.2 Å². The summed E-state index contributed by atoms with van der Waals surface area (Å²) in [5.74, 6) is 1.06. The van der Waals surface area contributed by atoms with Crippen molar-refractivity contribution in [3.63, 3.8) is 0 Å². The van der Waals surface area contributed by atoms with Gasteiger partial charge in [0.15, 0.2) is 0 Å². The second kappa shape index (κ2) is 6.41. The molecule has 0 radical (unpaired) electrons. The van der Waals surface area contributed by atoms with Crippen LogP contribution in [-0.2, 0) is 0 Å². The minimum atomic E-state index is 0.722. The molecule has 1 aliphatic rings. The van der Waals surface area contributed by atoms with Crippen LogP contribution >= 0.6 is 0 Å². The maximum Gasteiger partial charge on any atom is 0.0107 e. The van der Waals surface area contributed by atoms with Gasteiger partial charge < -0.3 is 10.2 Å². The lowest BCUT2D eigenvalue weighted by molar-refractivity contribution is 0.252. The molecule has 1 saturated carbocycles. The normalized spacial score (nSPS) is 18.9. The molecule has 0 bridgehead atoms. The minimum Gasteiger partial charge on any atom is -0.315 e. The van der Waals surface area contributed by atoms with Crippen molar-refractivity contribution in [2.45, 2.75) is 45.6 Å². The summed E-state index contributed by atoms with van der Waals surface area (Å²) in [4.78, 5) is 2.43. The summed E-state index contributed by atoms with van der Waals surface area (Å²) < 4.78 is 0. The highest BCUT2D eigenvalue weighted by Crippen LogP contribution is 2.31. The number of nitrogens with zero attached hydrogens (tertiary/aromatic N) is 1. The van der Waals surface area contributed by atoms with Crippen LogP contribution in [0, 0.1) is 5.92 Å². The van der Waals surface area contributed by atoms with Crippen molar-refractivity contribution in [1.29, 1.82) is 0 Å². The van der Waals surface area contributed by atoms with Gasteiger partial charge in [-0.1, -0.05) is 19.8 Å². The zero-order chi connectivity index (χ0) is 10.4. The van der Waals surface area contributed by atoms with E-state index in [1.165, 1.54) is 38.8 Å². The maximum absolute atomic E-state index is 3.52. The highest BCUT2D eigenvalue weighted by Gasteiger charge is 2.19. The zero-order valence-electron chi connectivity index (χ0n) is 10.1. The molecule has 2 nitrogen and oxygen atoms in total. The predicted octanol–water partition coefficient (Wildman–Crippen LogP) is 2.11. The Morgan fingerprint density at radius 2 is 2.07 bits per heavy atom. The summed E-state index contributed by atoms with van der Waals surface area (Å²) in [5, 5.41) is 3.52. The molecule has 1 atom stereocenters. The molecular formula is C12H26N2. The molecule has 0 aromatic carbocycles. The summed E-state index contributed by atoms with van der Waals surface area (Å²) in [6.45, 7) is 8.10. The Kier molecular flexibility index (Phi) is 5.49. The third kappa shape index (κ3) is 4.97. The van der Waals surface area contributed by atoms with E-state index in [1.807, 2.05) is 0 Å². The van der Waals surface area contributed by atoms with Crippen LogP contribution in [0.3, 0.4) is 0 Å². The molecule has 1 N–H and O–H groups in total. The summed E-state index contributed by atoms with van der Waals surface area (Å²) >= 11 is 0. The van der Waals surface area contributed by atoms with Gasteiger partial charge in [0, 0.05) is 19.1 Å². The van der Waals surface area contributed by atoms with E-state index in [2.05, 4.69) is 31.1 Å². The topological polar surface area (TPSA) is 15.3 Å². The molecule has 1 rings (SSSR count). The fourth-order valence-corrected chi connectivity index (χ4v) is 1.63. The van der Waals surface area contributed by atoms with E-state index in [-0.39, 0.29) is 0 Å². The van der Waals surface area contributed by atoms with Gasteiger partial charge >= 0.3 is 0 Å². The Balaban J connectivity index is 1.86. The number of hydrogen-bond acceptors (Lipinski definition) is 2. The van der Waals surface area contributed by atoms with Crippen LogP contribution in [0.15, 0.2) is 0 Å². The third-order valence-corrected chi connectivity index (χ3v) is 3.41. The monoisotopic (exact) mass is 198 g/mol. The molecule has 1 fully saturated rings. The van der Waals surface area contributed by atoms with E-state index < -0.39 is 0 Å². The number of nitrogens with one attached hydrogen (secondary N) is 1. The highest BCUT2D eigenvalue weighted by molar-refractivity contribution is 4.73. The van der Waals surface area contributed by atoms with Crippen LogP contribution in [-0.4, -0.2) is 37.6 Å². The zero-order valence-corrected chi connectivity index (χ0v) is 10.1. The van der Waals surface area contributed by atoms with Gasteiger partial charge in [-0.3, -0.25) is 0 Å². The fraction of sp³-hybridized carbons (Fsp3) is 1.00. The molecule has 14 heavy (non-hydrogen) atoms. The van der Waals surface area contributed by atoms with Crippen molar-refractivity contribution >= 4 is 0 Å². The SMILES string of the molecule is CCC(C)N(C)CCNCCC1CC1. The van der Waals surface area contributed by atoms with Gasteiger partial charge in [-0.25, -0.2) is 0 Å². The Labute approximate surface area is 89.1 Å². The average Bonchev–Trinajstić information content (AvgIpc) is 2.99. The van der Waals surface area contributed by atoms with Gasteiger partial charge in [-0.15, -0.1) is 0 Å². The Bertz CT molecular complexity index is 143. The van der Waals surface area contributed by atoms with E-state index in [0.29, 0.717) is 0 Å². The van der Waals surface area contributed by atoms with Crippen molar-refractivity contribution in [2.24, 2.45) is 5.92 Å². The van der Waals surface area contributed by atoms with Crippen molar-refractivity contribution in [3.8, 4) is 0 Å². The first-order chi connectivity index (χ1) is 6.74. The quantitative estimate of drug-likeness (QED) is 0.601. The predicted molar refractivity (Wildman–Crippen MR) is 62.6 cm³/mol. The van der Waals surface area contributed by atoms with Crippen LogP contribution < -0.4 is 5.32 Å². The summed E-state index contributed by atoms with van der Waals surface area (Å²) in [6, 6.07) is 0.722. The maximum atomic E-state index is 3.52. The molecule has 0 aromatic rings. The molecule has 84 valence electrons. The minimum absolute atomic E-state index is 0.722. The largest absolute Gasteiger partial charge is 0.315 e. The van der Waals surface area contributed by atoms with E-state index in [4.69, 9.17) is 0 Å². The molecule has 0 heterocycles. The highest BCUT2D eigenvalue weighted by atomic mass is 15.1. The second-order valence-electron chi connectivity index (χ2n) is 4.72. The first-order valence-corrected chi connectivity index (χ1v) is 6.15. The van der Waals surface area contributed by atoms with Crippen molar-refractivity contribution < 1.29 is 0 Å². The first-order valence-electron chi connectivity index (χ1n) is 6.15. The third-order valence-electron chi connectivity index (χ3n) is 3.41. The molecule has 0 spiro atoms. The van der Waals surface area contributed by atoms with E-state index in [0.717, 1.165) is 18.5 Å². The number of hydrogen-bond donors (Lipinski definition) is 1. The van der Waals surface area contributed by atoms with Gasteiger partial charge in [0.25, 0.3) is 0 Å². The number of rotatable bonds is 8. The van der Waals surface area contributed by atoms with Gasteiger partial charge in [0.1, 0.15) is 0 Å². The Morgan fingerprint density at radius 3 is 2.64 bits per heavy atom. The van der Waals surface area contributed by atoms with Crippen LogP contribution in [0.4, 0.5) is 0 Å². The van der Waals surface area contributed by atoms with Crippen LogP contribution in [0.1, 0.15) is 39.5 Å². The summed E-state index contributed by atoms with van der Waals surface area (Å²) in [5.41, 5.74) is 0. The van der Waals surface area contributed by atoms with Crippen molar-refractivity contribution in [3.05, 3.63) is 0 Å². The molecule has 0 aromatic heterocycles. The molecule has 1 unspecified atom stereocenters. The lowest BCUT2D eigenvalue weighted by Crippen LogP contribution is -2.35. The lowest BCUT2D eigenvalue weighted by atomic mass is 10.2. The first kappa shape index (κ1) is 12.0. The van der Waals surface area contributed by atoms with E-state index in [1.54, 1.807) is 0 Å². The van der Waals surface area contributed by atoms with Crippen LogP contribution in [0.5, 0.6) is 0 Å². The Hall–Kier alpha value is -0.0800. The molecule has 0 amide bonds. The standard InChI is InChI=1S/C12H26N2/c1-4-11(2)14(3)10-9-13-8-7-12-5-6-12/h11-13H,4-10H2,1-3H3. The fourth-order valence-electron chi connectivity index (χ4n) is 1.63. The summed E-state index contributed by atoms with van der Waals surface area (Å²) in [6.07, 6.45) is 5.61. The van der Waals surface area contributed by atoms with Gasteiger partial charge in [-0.05, 0) is 39.3 Å². The summed E-state index contributed by atoms with van der Waals surface area (Å²) in [7, 11) is 2.22.